The summed E-state index contributed by atoms with van der Waals surface area (Å²) in [4.78, 5) is 16.7. The number of anilines is 1. The highest BCUT2D eigenvalue weighted by Crippen LogP contribution is 2.30. The number of carbonyl (C=O) groups excluding carboxylic acids is 1. The lowest BCUT2D eigenvalue weighted by Crippen LogP contribution is -2.38. The number of urea groups is 1. The maximum atomic E-state index is 12.5. The summed E-state index contributed by atoms with van der Waals surface area (Å²) in [7, 11) is 0. The minimum absolute atomic E-state index is 0.125. The lowest BCUT2D eigenvalue weighted by molar-refractivity contribution is 0.0550. The molecule has 1 aliphatic rings. The molecule has 0 aliphatic carbocycles. The first-order valence-electron chi connectivity index (χ1n) is 8.14. The Morgan fingerprint density at radius 1 is 1.20 bits per heavy atom. The van der Waals surface area contributed by atoms with Crippen molar-refractivity contribution < 1.29 is 9.53 Å². The molecular formula is C18H19Cl2N3O2. The molecule has 3 rings (SSSR count). The summed E-state index contributed by atoms with van der Waals surface area (Å²) in [5.74, 6) is 0.303. The number of rotatable bonds is 4. The van der Waals surface area contributed by atoms with Crippen LogP contribution in [0.5, 0.6) is 0 Å². The third-order valence-corrected chi connectivity index (χ3v) is 4.98. The SMILES string of the molecule is O=C(Nc1ccc(Cl)c(Cl)c1)NC(c1cccnc1)C1CCOCC1. The van der Waals surface area contributed by atoms with Gasteiger partial charge < -0.3 is 15.4 Å². The van der Waals surface area contributed by atoms with Gasteiger partial charge in [-0.25, -0.2) is 4.79 Å². The zero-order valence-electron chi connectivity index (χ0n) is 13.5. The summed E-state index contributed by atoms with van der Waals surface area (Å²) in [5.41, 5.74) is 1.57. The number of carbonyl (C=O) groups is 1. The van der Waals surface area contributed by atoms with Gasteiger partial charge in [0.05, 0.1) is 16.1 Å². The summed E-state index contributed by atoms with van der Waals surface area (Å²) in [6.45, 7) is 1.41. The fraction of sp³-hybridized carbons (Fsp3) is 0.333. The average molecular weight is 380 g/mol. The number of benzene rings is 1. The van der Waals surface area contributed by atoms with E-state index >= 15 is 0 Å². The van der Waals surface area contributed by atoms with Crippen LogP contribution in [0.25, 0.3) is 0 Å². The molecule has 0 bridgehead atoms. The molecule has 2 aromatic rings. The summed E-state index contributed by atoms with van der Waals surface area (Å²) in [5, 5.41) is 6.71. The predicted molar refractivity (Wildman–Crippen MR) is 99.1 cm³/mol. The van der Waals surface area contributed by atoms with Crippen LogP contribution in [0.3, 0.4) is 0 Å². The molecule has 132 valence electrons. The molecule has 7 heteroatoms. The zero-order valence-corrected chi connectivity index (χ0v) is 15.1. The molecule has 0 spiro atoms. The number of aromatic nitrogens is 1. The van der Waals surface area contributed by atoms with Crippen molar-refractivity contribution in [3.05, 3.63) is 58.3 Å². The van der Waals surface area contributed by atoms with Gasteiger partial charge in [-0.2, -0.15) is 0 Å². The minimum Gasteiger partial charge on any atom is -0.381 e. The van der Waals surface area contributed by atoms with Crippen molar-refractivity contribution in [2.24, 2.45) is 5.92 Å². The van der Waals surface area contributed by atoms with Crippen LogP contribution in [0.15, 0.2) is 42.7 Å². The number of nitrogens with one attached hydrogen (secondary N) is 2. The quantitative estimate of drug-likeness (QED) is 0.810. The van der Waals surface area contributed by atoms with Crippen LogP contribution in [-0.2, 0) is 4.74 Å². The first-order valence-corrected chi connectivity index (χ1v) is 8.89. The normalized spacial score (nSPS) is 16.2. The van der Waals surface area contributed by atoms with Crippen LogP contribution >= 0.6 is 23.2 Å². The predicted octanol–water partition coefficient (Wildman–Crippen LogP) is 4.68. The van der Waals surface area contributed by atoms with Gasteiger partial charge in [0.15, 0.2) is 0 Å². The van der Waals surface area contributed by atoms with Gasteiger partial charge in [0.2, 0.25) is 0 Å². The van der Waals surface area contributed by atoms with Crippen LogP contribution in [0, 0.1) is 5.92 Å². The Kier molecular flexibility index (Phi) is 6.13. The maximum absolute atomic E-state index is 12.5. The second-order valence-electron chi connectivity index (χ2n) is 5.94. The van der Waals surface area contributed by atoms with Gasteiger partial charge in [-0.1, -0.05) is 29.3 Å². The van der Waals surface area contributed by atoms with E-state index in [4.69, 9.17) is 27.9 Å². The molecule has 1 fully saturated rings. The minimum atomic E-state index is -0.293. The maximum Gasteiger partial charge on any atom is 0.319 e. The van der Waals surface area contributed by atoms with Gasteiger partial charge in [-0.15, -0.1) is 0 Å². The van der Waals surface area contributed by atoms with E-state index in [0.29, 0.717) is 34.9 Å². The van der Waals surface area contributed by atoms with E-state index in [0.717, 1.165) is 18.4 Å². The number of nitrogens with zero attached hydrogens (tertiary/aromatic N) is 1. The highest BCUT2D eigenvalue weighted by Gasteiger charge is 2.27. The largest absolute Gasteiger partial charge is 0.381 e. The van der Waals surface area contributed by atoms with E-state index in [-0.39, 0.29) is 12.1 Å². The van der Waals surface area contributed by atoms with Crippen molar-refractivity contribution in [1.29, 1.82) is 0 Å². The fourth-order valence-corrected chi connectivity index (χ4v) is 3.26. The number of hydrogen-bond acceptors (Lipinski definition) is 3. The third kappa shape index (κ3) is 4.84. The van der Waals surface area contributed by atoms with Gasteiger partial charge in [0.25, 0.3) is 0 Å². The van der Waals surface area contributed by atoms with Crippen molar-refractivity contribution in [2.45, 2.75) is 18.9 Å². The smallest absolute Gasteiger partial charge is 0.319 e. The average Bonchev–Trinajstić information content (AvgIpc) is 2.64. The highest BCUT2D eigenvalue weighted by molar-refractivity contribution is 6.42. The van der Waals surface area contributed by atoms with Crippen molar-refractivity contribution >= 4 is 34.9 Å². The molecule has 0 radical (unpaired) electrons. The van der Waals surface area contributed by atoms with Crippen LogP contribution in [0.4, 0.5) is 10.5 Å². The van der Waals surface area contributed by atoms with E-state index < -0.39 is 0 Å². The van der Waals surface area contributed by atoms with Crippen molar-refractivity contribution in [1.82, 2.24) is 10.3 Å². The van der Waals surface area contributed by atoms with Crippen molar-refractivity contribution in [3.8, 4) is 0 Å². The lowest BCUT2D eigenvalue weighted by Gasteiger charge is -2.31. The highest BCUT2D eigenvalue weighted by atomic mass is 35.5. The molecule has 2 amide bonds. The first-order chi connectivity index (χ1) is 12.1. The van der Waals surface area contributed by atoms with Gasteiger partial charge in [-0.3, -0.25) is 4.98 Å². The molecule has 1 aromatic heterocycles. The second kappa shape index (κ2) is 8.52. The Morgan fingerprint density at radius 3 is 2.68 bits per heavy atom. The van der Waals surface area contributed by atoms with Crippen LogP contribution < -0.4 is 10.6 Å². The summed E-state index contributed by atoms with van der Waals surface area (Å²) < 4.78 is 5.44. The molecular weight excluding hydrogens is 361 g/mol. The molecule has 25 heavy (non-hydrogen) atoms. The Hall–Kier alpha value is -1.82. The van der Waals surface area contributed by atoms with E-state index in [2.05, 4.69) is 15.6 Å². The topological polar surface area (TPSA) is 63.2 Å². The molecule has 1 aromatic carbocycles. The van der Waals surface area contributed by atoms with Gasteiger partial charge in [0.1, 0.15) is 0 Å². The molecule has 2 N–H and O–H groups in total. The van der Waals surface area contributed by atoms with E-state index in [9.17, 15) is 4.79 Å². The number of ether oxygens (including phenoxy) is 1. The Labute approximate surface area is 156 Å². The molecule has 0 saturated carbocycles. The van der Waals surface area contributed by atoms with Crippen LogP contribution in [0.2, 0.25) is 10.0 Å². The monoisotopic (exact) mass is 379 g/mol. The Balaban J connectivity index is 1.72. The van der Waals surface area contributed by atoms with Crippen LogP contribution in [0.1, 0.15) is 24.4 Å². The van der Waals surface area contributed by atoms with Gasteiger partial charge in [-0.05, 0) is 48.6 Å². The van der Waals surface area contributed by atoms with Crippen LogP contribution in [-0.4, -0.2) is 24.2 Å². The van der Waals surface area contributed by atoms with E-state index in [1.54, 1.807) is 30.6 Å². The molecule has 1 atom stereocenters. The molecule has 5 nitrogen and oxygen atoms in total. The third-order valence-electron chi connectivity index (χ3n) is 4.24. The van der Waals surface area contributed by atoms with Crippen molar-refractivity contribution in [3.63, 3.8) is 0 Å². The first kappa shape index (κ1) is 18.0. The number of pyridine rings is 1. The number of halogens is 2. The summed E-state index contributed by atoms with van der Waals surface area (Å²) in [6, 6.07) is 8.42. The standard InChI is InChI=1S/C18H19Cl2N3O2/c19-15-4-3-14(10-16(15)20)22-18(24)23-17(12-5-8-25-9-6-12)13-2-1-7-21-11-13/h1-4,7,10-12,17H,5-6,8-9H2,(H2,22,23,24). The Bertz CT molecular complexity index is 722. The zero-order chi connectivity index (χ0) is 17.6. The van der Waals surface area contributed by atoms with E-state index in [1.165, 1.54) is 0 Å². The molecule has 1 aliphatic heterocycles. The Morgan fingerprint density at radius 2 is 2.00 bits per heavy atom. The van der Waals surface area contributed by atoms with Gasteiger partial charge >= 0.3 is 6.03 Å². The van der Waals surface area contributed by atoms with Gasteiger partial charge in [0, 0.05) is 31.3 Å². The second-order valence-corrected chi connectivity index (χ2v) is 6.76. The summed E-state index contributed by atoms with van der Waals surface area (Å²) >= 11 is 11.9. The molecule has 2 heterocycles. The van der Waals surface area contributed by atoms with Crippen molar-refractivity contribution in [2.75, 3.05) is 18.5 Å². The fourth-order valence-electron chi connectivity index (χ4n) is 2.96. The van der Waals surface area contributed by atoms with E-state index in [1.807, 2.05) is 12.1 Å². The summed E-state index contributed by atoms with van der Waals surface area (Å²) in [6.07, 6.45) is 5.30. The lowest BCUT2D eigenvalue weighted by atomic mass is 9.88. The molecule has 1 saturated heterocycles. The number of hydrogen-bond donors (Lipinski definition) is 2. The number of amides is 2. The molecule has 1 unspecified atom stereocenters.